The highest BCUT2D eigenvalue weighted by Crippen LogP contribution is 2.21. The van der Waals surface area contributed by atoms with Crippen LogP contribution in [-0.2, 0) is 6.42 Å². The van der Waals surface area contributed by atoms with E-state index in [4.69, 9.17) is 0 Å². The van der Waals surface area contributed by atoms with Crippen LogP contribution in [0.1, 0.15) is 50.5 Å². The lowest BCUT2D eigenvalue weighted by atomic mass is 9.95. The number of likely N-dealkylation sites (N-methyl/N-ethyl adjacent to an activating group) is 1. The van der Waals surface area contributed by atoms with Gasteiger partial charge in [-0.1, -0.05) is 45.9 Å². The average molecular weight is 235 g/mol. The summed E-state index contributed by atoms with van der Waals surface area (Å²) in [7, 11) is 1.86. The highest BCUT2D eigenvalue weighted by Gasteiger charge is 2.25. The molecule has 0 radical (unpaired) electrons. The minimum atomic E-state index is 0.148. The summed E-state index contributed by atoms with van der Waals surface area (Å²) in [6.45, 7) is 10.1. The number of hydrogen-bond donors (Lipinski definition) is 0. The van der Waals surface area contributed by atoms with Crippen LogP contribution >= 0.6 is 0 Å². The first-order chi connectivity index (χ1) is 8.20. The Morgan fingerprint density at radius 1 is 1.12 bits per heavy atom. The molecule has 0 bridgehead atoms. The molecular formula is C15H25NO. The fourth-order valence-corrected chi connectivity index (χ4v) is 1.75. The Morgan fingerprint density at radius 2 is 1.65 bits per heavy atom. The molecule has 1 amide bonds. The Hall–Kier alpha value is -1.31. The largest absolute Gasteiger partial charge is 0.339 e. The molecule has 2 rings (SSSR count). The molecule has 96 valence electrons. The predicted molar refractivity (Wildman–Crippen MR) is 74.4 cm³/mol. The van der Waals surface area contributed by atoms with Gasteiger partial charge in [-0.15, -0.1) is 0 Å². The molecule has 1 aliphatic rings. The first kappa shape index (κ1) is 15.7. The summed E-state index contributed by atoms with van der Waals surface area (Å²) in [5, 5.41) is 0. The Labute approximate surface area is 106 Å². The van der Waals surface area contributed by atoms with Crippen LogP contribution in [0.25, 0.3) is 0 Å². The van der Waals surface area contributed by atoms with Gasteiger partial charge in [0.25, 0.3) is 5.91 Å². The first-order valence-corrected chi connectivity index (χ1v) is 6.55. The van der Waals surface area contributed by atoms with Crippen molar-refractivity contribution < 1.29 is 4.79 Å². The van der Waals surface area contributed by atoms with E-state index >= 15 is 0 Å². The standard InChI is InChI=1S/C11H13NO.2C2H6/c1-8-7-9-5-3-4-6-10(9)11(13)12(8)2;2*1-2/h3-6,8H,7H2,1-2H3;2*1-2H3. The van der Waals surface area contributed by atoms with E-state index in [1.54, 1.807) is 0 Å². The third-order valence-electron chi connectivity index (χ3n) is 2.74. The molecule has 0 N–H and O–H groups in total. The lowest BCUT2D eigenvalue weighted by molar-refractivity contribution is 0.0721. The summed E-state index contributed by atoms with van der Waals surface area (Å²) in [6.07, 6.45) is 0.971. The van der Waals surface area contributed by atoms with Crippen LogP contribution in [0.4, 0.5) is 0 Å². The van der Waals surface area contributed by atoms with Crippen LogP contribution < -0.4 is 0 Å². The van der Waals surface area contributed by atoms with Gasteiger partial charge >= 0.3 is 0 Å². The summed E-state index contributed by atoms with van der Waals surface area (Å²) in [5.74, 6) is 0.148. The third-order valence-corrected chi connectivity index (χ3v) is 2.74. The summed E-state index contributed by atoms with van der Waals surface area (Å²) in [4.78, 5) is 13.6. The van der Waals surface area contributed by atoms with Crippen molar-refractivity contribution in [2.75, 3.05) is 7.05 Å². The smallest absolute Gasteiger partial charge is 0.254 e. The van der Waals surface area contributed by atoms with Crippen molar-refractivity contribution in [3.8, 4) is 0 Å². The number of fused-ring (bicyclic) bond motifs is 1. The van der Waals surface area contributed by atoms with Gasteiger partial charge in [0.1, 0.15) is 0 Å². The SMILES string of the molecule is CC.CC.CC1Cc2ccccc2C(=O)N1C. The number of carbonyl (C=O) groups is 1. The van der Waals surface area contributed by atoms with Crippen LogP contribution in [-0.4, -0.2) is 23.9 Å². The quantitative estimate of drug-likeness (QED) is 0.670. The Kier molecular flexibility index (Phi) is 7.27. The predicted octanol–water partition coefficient (Wildman–Crippen LogP) is 3.76. The van der Waals surface area contributed by atoms with Crippen molar-refractivity contribution in [2.45, 2.75) is 47.1 Å². The topological polar surface area (TPSA) is 20.3 Å². The number of rotatable bonds is 0. The number of carbonyl (C=O) groups excluding carboxylic acids is 1. The van der Waals surface area contributed by atoms with Gasteiger partial charge in [-0.3, -0.25) is 4.79 Å². The van der Waals surface area contributed by atoms with E-state index in [0.717, 1.165) is 12.0 Å². The maximum absolute atomic E-state index is 11.8. The zero-order valence-corrected chi connectivity index (χ0v) is 11.9. The molecule has 1 heterocycles. The van der Waals surface area contributed by atoms with Crippen LogP contribution in [0.3, 0.4) is 0 Å². The van der Waals surface area contributed by atoms with Crippen molar-refractivity contribution in [2.24, 2.45) is 0 Å². The Balaban J connectivity index is 0.000000581. The summed E-state index contributed by atoms with van der Waals surface area (Å²) in [6, 6.07) is 8.17. The average Bonchev–Trinajstić information content (AvgIpc) is 2.41. The number of benzene rings is 1. The fourth-order valence-electron chi connectivity index (χ4n) is 1.75. The van der Waals surface area contributed by atoms with E-state index in [0.29, 0.717) is 6.04 Å². The van der Waals surface area contributed by atoms with Crippen LogP contribution in [0.5, 0.6) is 0 Å². The maximum Gasteiger partial charge on any atom is 0.254 e. The Bertz CT molecular complexity index is 347. The monoisotopic (exact) mass is 235 g/mol. The van der Waals surface area contributed by atoms with Gasteiger partial charge in [-0.25, -0.2) is 0 Å². The van der Waals surface area contributed by atoms with Crippen molar-refractivity contribution >= 4 is 5.91 Å². The first-order valence-electron chi connectivity index (χ1n) is 6.55. The molecule has 1 aromatic rings. The second kappa shape index (κ2) is 7.88. The van der Waals surface area contributed by atoms with Gasteiger partial charge < -0.3 is 4.90 Å². The highest BCUT2D eigenvalue weighted by atomic mass is 16.2. The molecule has 2 heteroatoms. The zero-order chi connectivity index (χ0) is 13.4. The fraction of sp³-hybridized carbons (Fsp3) is 0.533. The molecule has 1 unspecified atom stereocenters. The second-order valence-electron chi connectivity index (χ2n) is 3.63. The van der Waals surface area contributed by atoms with Crippen LogP contribution in [0.15, 0.2) is 24.3 Å². The van der Waals surface area contributed by atoms with Gasteiger partial charge in [0.15, 0.2) is 0 Å². The normalized spacial score (nSPS) is 17.2. The molecule has 0 aliphatic carbocycles. The summed E-state index contributed by atoms with van der Waals surface area (Å²) >= 11 is 0. The Morgan fingerprint density at radius 3 is 2.24 bits per heavy atom. The molecule has 0 saturated carbocycles. The van der Waals surface area contributed by atoms with Crippen LogP contribution in [0.2, 0.25) is 0 Å². The molecule has 17 heavy (non-hydrogen) atoms. The molecular weight excluding hydrogens is 210 g/mol. The van der Waals surface area contributed by atoms with Gasteiger partial charge in [-0.05, 0) is 25.0 Å². The minimum absolute atomic E-state index is 0.148. The molecule has 2 nitrogen and oxygen atoms in total. The summed E-state index contributed by atoms with van der Waals surface area (Å²) in [5.41, 5.74) is 2.04. The number of hydrogen-bond acceptors (Lipinski definition) is 1. The zero-order valence-electron chi connectivity index (χ0n) is 11.9. The minimum Gasteiger partial charge on any atom is -0.339 e. The molecule has 1 atom stereocenters. The molecule has 0 fully saturated rings. The molecule has 0 spiro atoms. The van der Waals surface area contributed by atoms with Gasteiger partial charge in [0, 0.05) is 18.7 Å². The highest BCUT2D eigenvalue weighted by molar-refractivity contribution is 5.96. The van der Waals surface area contributed by atoms with Gasteiger partial charge in [0.2, 0.25) is 0 Å². The summed E-state index contributed by atoms with van der Waals surface area (Å²) < 4.78 is 0. The second-order valence-corrected chi connectivity index (χ2v) is 3.63. The van der Waals surface area contributed by atoms with Crippen molar-refractivity contribution in [3.05, 3.63) is 35.4 Å². The van der Waals surface area contributed by atoms with Crippen molar-refractivity contribution in [1.82, 2.24) is 4.90 Å². The van der Waals surface area contributed by atoms with Crippen molar-refractivity contribution in [3.63, 3.8) is 0 Å². The number of amides is 1. The molecule has 0 aromatic heterocycles. The molecule has 1 aliphatic heterocycles. The third kappa shape index (κ3) is 3.58. The van der Waals surface area contributed by atoms with E-state index in [9.17, 15) is 4.79 Å². The van der Waals surface area contributed by atoms with E-state index in [-0.39, 0.29) is 5.91 Å². The van der Waals surface area contributed by atoms with Crippen LogP contribution in [0, 0.1) is 0 Å². The van der Waals surface area contributed by atoms with Gasteiger partial charge in [0.05, 0.1) is 0 Å². The number of nitrogens with zero attached hydrogens (tertiary/aromatic N) is 1. The van der Waals surface area contributed by atoms with Gasteiger partial charge in [-0.2, -0.15) is 0 Å². The van der Waals surface area contributed by atoms with Crippen molar-refractivity contribution in [1.29, 1.82) is 0 Å². The van der Waals surface area contributed by atoms with E-state index in [1.807, 2.05) is 63.9 Å². The maximum atomic E-state index is 11.8. The van der Waals surface area contributed by atoms with E-state index in [2.05, 4.69) is 6.92 Å². The van der Waals surface area contributed by atoms with E-state index < -0.39 is 0 Å². The van der Waals surface area contributed by atoms with E-state index in [1.165, 1.54) is 5.56 Å². The lowest BCUT2D eigenvalue weighted by Gasteiger charge is -2.31. The molecule has 1 aromatic carbocycles. The lowest BCUT2D eigenvalue weighted by Crippen LogP contribution is -2.40. The molecule has 0 saturated heterocycles.